The van der Waals surface area contributed by atoms with Crippen molar-refractivity contribution in [3.05, 3.63) is 60.3 Å². The van der Waals surface area contributed by atoms with Crippen LogP contribution in [0.25, 0.3) is 0 Å². The van der Waals surface area contributed by atoms with Gasteiger partial charge in [-0.3, -0.25) is 14.3 Å². The molecule has 1 saturated carbocycles. The molecule has 2 N–H and O–H groups in total. The Morgan fingerprint density at radius 3 is 2.73 bits per heavy atom. The number of benzene rings is 1. The Bertz CT molecular complexity index is 1020. The standard InChI is InChI=1S/C22H26N6O2/c1-27-20(25-21(29)17-7-3-2-4-8-17)13-19(26-27)22(30)24-18-9-5-6-16(12-18)14-28-11-10-23-15-28/h5-6,9-13,15,17H,2-4,7-8,14H2,1H3,(H,24,30)(H,25,29). The Labute approximate surface area is 175 Å². The first-order valence-electron chi connectivity index (χ1n) is 10.3. The third-order valence-electron chi connectivity index (χ3n) is 5.45. The lowest BCUT2D eigenvalue weighted by atomic mass is 9.89. The van der Waals surface area contributed by atoms with E-state index in [1.807, 2.05) is 35.0 Å². The van der Waals surface area contributed by atoms with Crippen LogP contribution in [0.2, 0.25) is 0 Å². The molecule has 0 atom stereocenters. The van der Waals surface area contributed by atoms with Gasteiger partial charge in [0.15, 0.2) is 5.69 Å². The minimum absolute atomic E-state index is 0.0110. The topological polar surface area (TPSA) is 93.8 Å². The van der Waals surface area contributed by atoms with Crippen molar-refractivity contribution in [3.8, 4) is 0 Å². The van der Waals surface area contributed by atoms with Gasteiger partial charge in [-0.15, -0.1) is 0 Å². The molecule has 2 amide bonds. The molecule has 1 aromatic carbocycles. The number of nitrogens with zero attached hydrogens (tertiary/aromatic N) is 4. The lowest BCUT2D eigenvalue weighted by Gasteiger charge is -2.20. The van der Waals surface area contributed by atoms with E-state index in [0.29, 0.717) is 18.1 Å². The number of nitrogens with one attached hydrogen (secondary N) is 2. The Balaban J connectivity index is 1.40. The van der Waals surface area contributed by atoms with Crippen molar-refractivity contribution < 1.29 is 9.59 Å². The molecule has 0 aliphatic heterocycles. The number of amides is 2. The van der Waals surface area contributed by atoms with Crippen molar-refractivity contribution in [3.63, 3.8) is 0 Å². The number of carbonyl (C=O) groups is 2. The highest BCUT2D eigenvalue weighted by atomic mass is 16.2. The molecule has 8 nitrogen and oxygen atoms in total. The van der Waals surface area contributed by atoms with Gasteiger partial charge in [0.25, 0.3) is 5.91 Å². The lowest BCUT2D eigenvalue weighted by molar-refractivity contribution is -0.120. The van der Waals surface area contributed by atoms with Crippen LogP contribution in [0.5, 0.6) is 0 Å². The summed E-state index contributed by atoms with van der Waals surface area (Å²) in [5, 5.41) is 10.1. The van der Waals surface area contributed by atoms with Crippen molar-refractivity contribution in [2.45, 2.75) is 38.6 Å². The molecule has 2 aromatic heterocycles. The van der Waals surface area contributed by atoms with Crippen molar-refractivity contribution >= 4 is 23.3 Å². The molecule has 3 aromatic rings. The van der Waals surface area contributed by atoms with Gasteiger partial charge in [0.2, 0.25) is 5.91 Å². The van der Waals surface area contributed by atoms with Gasteiger partial charge in [-0.05, 0) is 30.5 Å². The van der Waals surface area contributed by atoms with Gasteiger partial charge < -0.3 is 15.2 Å². The average molecular weight is 406 g/mol. The van der Waals surface area contributed by atoms with Crippen LogP contribution in [0.1, 0.15) is 48.2 Å². The maximum atomic E-state index is 12.7. The Morgan fingerprint density at radius 2 is 1.97 bits per heavy atom. The van der Waals surface area contributed by atoms with E-state index in [1.165, 1.54) is 11.1 Å². The molecule has 0 bridgehead atoms. The van der Waals surface area contributed by atoms with E-state index < -0.39 is 0 Å². The van der Waals surface area contributed by atoms with E-state index in [9.17, 15) is 9.59 Å². The highest BCUT2D eigenvalue weighted by molar-refractivity contribution is 6.04. The Kier molecular flexibility index (Phi) is 5.92. The summed E-state index contributed by atoms with van der Waals surface area (Å²) in [6.45, 7) is 0.671. The molecular weight excluding hydrogens is 380 g/mol. The monoisotopic (exact) mass is 406 g/mol. The quantitative estimate of drug-likeness (QED) is 0.656. The summed E-state index contributed by atoms with van der Waals surface area (Å²) >= 11 is 0. The highest BCUT2D eigenvalue weighted by Gasteiger charge is 2.23. The van der Waals surface area contributed by atoms with E-state index in [-0.39, 0.29) is 23.4 Å². The molecule has 1 aliphatic carbocycles. The van der Waals surface area contributed by atoms with Crippen molar-refractivity contribution in [2.24, 2.45) is 13.0 Å². The van der Waals surface area contributed by atoms with E-state index in [2.05, 4.69) is 20.7 Å². The highest BCUT2D eigenvalue weighted by Crippen LogP contribution is 2.25. The molecule has 0 spiro atoms. The van der Waals surface area contributed by atoms with E-state index in [4.69, 9.17) is 0 Å². The molecule has 0 unspecified atom stereocenters. The summed E-state index contributed by atoms with van der Waals surface area (Å²) < 4.78 is 3.49. The fraction of sp³-hybridized carbons (Fsp3) is 0.364. The number of hydrogen-bond acceptors (Lipinski definition) is 4. The maximum Gasteiger partial charge on any atom is 0.276 e. The summed E-state index contributed by atoms with van der Waals surface area (Å²) in [5.41, 5.74) is 2.00. The van der Waals surface area contributed by atoms with Gasteiger partial charge >= 0.3 is 0 Å². The number of aryl methyl sites for hydroxylation is 1. The van der Waals surface area contributed by atoms with Crippen molar-refractivity contribution in [2.75, 3.05) is 10.6 Å². The zero-order valence-corrected chi connectivity index (χ0v) is 17.0. The van der Waals surface area contributed by atoms with Crippen LogP contribution in [0.4, 0.5) is 11.5 Å². The number of anilines is 2. The first kappa shape index (κ1) is 19.9. The summed E-state index contributed by atoms with van der Waals surface area (Å²) in [4.78, 5) is 29.2. The van der Waals surface area contributed by atoms with Gasteiger partial charge in [0.05, 0.1) is 6.33 Å². The smallest absolute Gasteiger partial charge is 0.276 e. The number of rotatable bonds is 6. The van der Waals surface area contributed by atoms with Gasteiger partial charge in [-0.25, -0.2) is 4.98 Å². The van der Waals surface area contributed by atoms with Crippen LogP contribution in [0, 0.1) is 5.92 Å². The fourth-order valence-corrected chi connectivity index (χ4v) is 3.82. The lowest BCUT2D eigenvalue weighted by Crippen LogP contribution is -2.25. The first-order valence-corrected chi connectivity index (χ1v) is 10.3. The fourth-order valence-electron chi connectivity index (χ4n) is 3.82. The molecule has 1 fully saturated rings. The van der Waals surface area contributed by atoms with E-state index in [0.717, 1.165) is 31.2 Å². The Morgan fingerprint density at radius 1 is 1.13 bits per heavy atom. The van der Waals surface area contributed by atoms with E-state index in [1.54, 1.807) is 25.6 Å². The molecule has 156 valence electrons. The molecular formula is C22H26N6O2. The largest absolute Gasteiger partial charge is 0.333 e. The average Bonchev–Trinajstić information content (AvgIpc) is 3.39. The molecule has 8 heteroatoms. The predicted molar refractivity (Wildman–Crippen MR) is 114 cm³/mol. The number of carbonyl (C=O) groups excluding carboxylic acids is 2. The second-order valence-corrected chi connectivity index (χ2v) is 7.75. The van der Waals surface area contributed by atoms with Crippen molar-refractivity contribution in [1.29, 1.82) is 0 Å². The van der Waals surface area contributed by atoms with Gasteiger partial charge in [-0.1, -0.05) is 31.4 Å². The number of aromatic nitrogens is 4. The SMILES string of the molecule is Cn1nc(C(=O)Nc2cccc(Cn3ccnc3)c2)cc1NC(=O)C1CCCCC1. The van der Waals surface area contributed by atoms with E-state index >= 15 is 0 Å². The molecule has 30 heavy (non-hydrogen) atoms. The molecule has 4 rings (SSSR count). The predicted octanol–water partition coefficient (Wildman–Crippen LogP) is 3.44. The normalized spacial score (nSPS) is 14.4. The zero-order valence-electron chi connectivity index (χ0n) is 17.0. The van der Waals surface area contributed by atoms with Crippen LogP contribution >= 0.6 is 0 Å². The van der Waals surface area contributed by atoms with Crippen LogP contribution in [-0.4, -0.2) is 31.1 Å². The maximum absolute atomic E-state index is 12.7. The van der Waals surface area contributed by atoms with Crippen LogP contribution in [0.3, 0.4) is 0 Å². The molecule has 2 heterocycles. The Hall–Kier alpha value is -3.42. The minimum Gasteiger partial charge on any atom is -0.333 e. The third kappa shape index (κ3) is 4.76. The summed E-state index contributed by atoms with van der Waals surface area (Å²) in [6.07, 6.45) is 10.6. The van der Waals surface area contributed by atoms with Gasteiger partial charge in [0.1, 0.15) is 5.82 Å². The van der Waals surface area contributed by atoms with Crippen LogP contribution in [-0.2, 0) is 18.4 Å². The molecule has 0 radical (unpaired) electrons. The zero-order chi connectivity index (χ0) is 20.9. The van der Waals surface area contributed by atoms with Gasteiger partial charge in [0, 0.05) is 43.7 Å². The summed E-state index contributed by atoms with van der Waals surface area (Å²) in [7, 11) is 1.72. The third-order valence-corrected chi connectivity index (χ3v) is 5.45. The first-order chi connectivity index (χ1) is 14.6. The van der Waals surface area contributed by atoms with Gasteiger partial charge in [-0.2, -0.15) is 5.10 Å². The van der Waals surface area contributed by atoms with Crippen molar-refractivity contribution in [1.82, 2.24) is 19.3 Å². The second kappa shape index (κ2) is 8.94. The molecule has 0 saturated heterocycles. The minimum atomic E-state index is -0.316. The van der Waals surface area contributed by atoms with Crippen LogP contribution in [0.15, 0.2) is 49.1 Å². The summed E-state index contributed by atoms with van der Waals surface area (Å²) in [6, 6.07) is 9.27. The summed E-state index contributed by atoms with van der Waals surface area (Å²) in [5.74, 6) is 0.272. The van der Waals surface area contributed by atoms with Crippen LogP contribution < -0.4 is 10.6 Å². The number of hydrogen-bond donors (Lipinski definition) is 2. The molecule has 1 aliphatic rings. The second-order valence-electron chi connectivity index (χ2n) is 7.75. The number of imidazole rings is 1.